The van der Waals surface area contributed by atoms with Gasteiger partial charge in [-0.1, -0.05) is 5.92 Å². The van der Waals surface area contributed by atoms with Gasteiger partial charge in [0.05, 0.1) is 6.54 Å². The third-order valence-corrected chi connectivity index (χ3v) is 2.18. The fourth-order valence-electron chi connectivity index (χ4n) is 1.18. The van der Waals surface area contributed by atoms with Crippen molar-refractivity contribution in [3.05, 3.63) is 0 Å². The highest BCUT2D eigenvalue weighted by Crippen LogP contribution is 2.32. The number of carbonyl (C=O) groups is 1. The molecule has 1 aliphatic carbocycles. The van der Waals surface area contributed by atoms with E-state index in [1.807, 2.05) is 6.92 Å². The second-order valence-electron chi connectivity index (χ2n) is 3.26. The Labute approximate surface area is 73.9 Å². The van der Waals surface area contributed by atoms with Gasteiger partial charge in [0, 0.05) is 13.0 Å². The van der Waals surface area contributed by atoms with E-state index in [1.165, 1.54) is 12.8 Å². The van der Waals surface area contributed by atoms with E-state index in [-0.39, 0.29) is 5.91 Å². The first kappa shape index (κ1) is 9.12. The van der Waals surface area contributed by atoms with E-state index in [1.54, 1.807) is 4.90 Å². The Morgan fingerprint density at radius 2 is 2.33 bits per heavy atom. The number of terminal acetylenes is 1. The van der Waals surface area contributed by atoms with Crippen molar-refractivity contribution >= 4 is 5.91 Å². The fourth-order valence-corrected chi connectivity index (χ4v) is 1.18. The zero-order valence-corrected chi connectivity index (χ0v) is 7.55. The molecule has 2 heteroatoms. The monoisotopic (exact) mass is 165 g/mol. The quantitative estimate of drug-likeness (QED) is 0.574. The summed E-state index contributed by atoms with van der Waals surface area (Å²) in [6.07, 6.45) is 8.29. The molecule has 1 rings (SSSR count). The summed E-state index contributed by atoms with van der Waals surface area (Å²) in [5, 5.41) is 0. The molecule has 0 spiro atoms. The summed E-state index contributed by atoms with van der Waals surface area (Å²) < 4.78 is 0. The average Bonchev–Trinajstić information content (AvgIpc) is 2.83. The smallest absolute Gasteiger partial charge is 0.223 e. The summed E-state index contributed by atoms with van der Waals surface area (Å²) >= 11 is 0. The van der Waals surface area contributed by atoms with Crippen molar-refractivity contribution in [2.45, 2.75) is 26.2 Å². The third kappa shape index (κ3) is 2.58. The lowest BCUT2D eigenvalue weighted by molar-refractivity contribution is -0.130. The highest BCUT2D eigenvalue weighted by Gasteiger charge is 2.26. The van der Waals surface area contributed by atoms with Gasteiger partial charge in [0.15, 0.2) is 0 Å². The number of hydrogen-bond acceptors (Lipinski definition) is 1. The highest BCUT2D eigenvalue weighted by molar-refractivity contribution is 5.77. The Morgan fingerprint density at radius 1 is 1.67 bits per heavy atom. The molecule has 0 aliphatic heterocycles. The normalized spacial score (nSPS) is 15.3. The molecule has 66 valence electrons. The van der Waals surface area contributed by atoms with Crippen LogP contribution in [0.1, 0.15) is 26.2 Å². The molecule has 0 radical (unpaired) electrons. The van der Waals surface area contributed by atoms with Crippen molar-refractivity contribution in [2.24, 2.45) is 5.92 Å². The predicted molar refractivity (Wildman–Crippen MR) is 48.4 cm³/mol. The van der Waals surface area contributed by atoms with Gasteiger partial charge in [0.25, 0.3) is 0 Å². The molecule has 0 aromatic carbocycles. The predicted octanol–water partition coefficient (Wildman–Crippen LogP) is 1.27. The lowest BCUT2D eigenvalue weighted by Crippen LogP contribution is -2.31. The summed E-state index contributed by atoms with van der Waals surface area (Å²) in [4.78, 5) is 13.2. The molecule has 0 unspecified atom stereocenters. The van der Waals surface area contributed by atoms with Gasteiger partial charge in [0.2, 0.25) is 5.91 Å². The second kappa shape index (κ2) is 4.15. The lowest BCUT2D eigenvalue weighted by Gasteiger charge is -2.17. The topological polar surface area (TPSA) is 20.3 Å². The van der Waals surface area contributed by atoms with E-state index in [2.05, 4.69) is 5.92 Å². The molecule has 1 amide bonds. The van der Waals surface area contributed by atoms with Gasteiger partial charge in [-0.2, -0.15) is 0 Å². The van der Waals surface area contributed by atoms with Gasteiger partial charge in [-0.25, -0.2) is 0 Å². The van der Waals surface area contributed by atoms with Crippen LogP contribution < -0.4 is 0 Å². The van der Waals surface area contributed by atoms with Crippen LogP contribution in [0.2, 0.25) is 0 Å². The van der Waals surface area contributed by atoms with Crippen LogP contribution in [0.25, 0.3) is 0 Å². The molecule has 12 heavy (non-hydrogen) atoms. The summed E-state index contributed by atoms with van der Waals surface area (Å²) in [5.74, 6) is 3.38. The van der Waals surface area contributed by atoms with Crippen LogP contribution in [-0.4, -0.2) is 23.9 Å². The molecule has 2 nitrogen and oxygen atoms in total. The van der Waals surface area contributed by atoms with Gasteiger partial charge < -0.3 is 4.90 Å². The Morgan fingerprint density at radius 3 is 2.75 bits per heavy atom. The Kier molecular flexibility index (Phi) is 3.16. The number of hydrogen-bond donors (Lipinski definition) is 0. The largest absolute Gasteiger partial charge is 0.332 e. The molecule has 0 atom stereocenters. The zero-order valence-electron chi connectivity index (χ0n) is 7.55. The average molecular weight is 165 g/mol. The molecule has 0 aromatic rings. The maximum atomic E-state index is 11.4. The van der Waals surface area contributed by atoms with Crippen LogP contribution in [0.5, 0.6) is 0 Å². The molecule has 1 saturated carbocycles. The maximum absolute atomic E-state index is 11.4. The first-order chi connectivity index (χ1) is 5.77. The van der Waals surface area contributed by atoms with Crippen molar-refractivity contribution in [1.82, 2.24) is 4.90 Å². The van der Waals surface area contributed by atoms with Crippen LogP contribution in [0.4, 0.5) is 0 Å². The molecule has 0 saturated heterocycles. The van der Waals surface area contributed by atoms with Crippen LogP contribution in [-0.2, 0) is 4.79 Å². The van der Waals surface area contributed by atoms with Gasteiger partial charge in [-0.15, -0.1) is 6.42 Å². The van der Waals surface area contributed by atoms with Crippen LogP contribution in [0, 0.1) is 18.3 Å². The third-order valence-electron chi connectivity index (χ3n) is 2.18. The summed E-state index contributed by atoms with van der Waals surface area (Å²) in [7, 11) is 0. The molecule has 0 N–H and O–H groups in total. The fraction of sp³-hybridized carbons (Fsp3) is 0.700. The summed E-state index contributed by atoms with van der Waals surface area (Å²) in [6.45, 7) is 3.15. The van der Waals surface area contributed by atoms with Gasteiger partial charge in [-0.3, -0.25) is 4.79 Å². The first-order valence-electron chi connectivity index (χ1n) is 4.49. The van der Waals surface area contributed by atoms with E-state index in [9.17, 15) is 4.79 Å². The Bertz CT molecular complexity index is 200. The zero-order chi connectivity index (χ0) is 8.97. The van der Waals surface area contributed by atoms with Crippen LogP contribution in [0.3, 0.4) is 0 Å². The van der Waals surface area contributed by atoms with E-state index in [0.29, 0.717) is 18.9 Å². The SMILES string of the molecule is C#CCN(CC)C(=O)CC1CC1. The highest BCUT2D eigenvalue weighted by atomic mass is 16.2. The molecule has 1 aliphatic rings. The number of carbonyl (C=O) groups excluding carboxylic acids is 1. The minimum absolute atomic E-state index is 0.220. The minimum Gasteiger partial charge on any atom is -0.332 e. The van der Waals surface area contributed by atoms with Crippen molar-refractivity contribution in [3.63, 3.8) is 0 Å². The van der Waals surface area contributed by atoms with E-state index in [0.717, 1.165) is 6.54 Å². The number of amides is 1. The molecular weight excluding hydrogens is 150 g/mol. The Balaban J connectivity index is 2.30. The molecule has 1 fully saturated rings. The maximum Gasteiger partial charge on any atom is 0.223 e. The molecular formula is C10H15NO. The molecule has 0 heterocycles. The van der Waals surface area contributed by atoms with Crippen LogP contribution in [0.15, 0.2) is 0 Å². The van der Waals surface area contributed by atoms with Crippen molar-refractivity contribution in [2.75, 3.05) is 13.1 Å². The van der Waals surface area contributed by atoms with Crippen molar-refractivity contribution < 1.29 is 4.79 Å². The van der Waals surface area contributed by atoms with Crippen molar-refractivity contribution in [3.8, 4) is 12.3 Å². The lowest BCUT2D eigenvalue weighted by atomic mass is 10.2. The summed E-state index contributed by atoms with van der Waals surface area (Å²) in [6, 6.07) is 0. The summed E-state index contributed by atoms with van der Waals surface area (Å²) in [5.41, 5.74) is 0. The van der Waals surface area contributed by atoms with E-state index in [4.69, 9.17) is 6.42 Å². The van der Waals surface area contributed by atoms with E-state index < -0.39 is 0 Å². The van der Waals surface area contributed by atoms with E-state index >= 15 is 0 Å². The number of rotatable bonds is 4. The minimum atomic E-state index is 0.220. The molecule has 0 aromatic heterocycles. The van der Waals surface area contributed by atoms with Gasteiger partial charge in [0.1, 0.15) is 0 Å². The van der Waals surface area contributed by atoms with Gasteiger partial charge in [-0.05, 0) is 25.7 Å². The number of nitrogens with zero attached hydrogens (tertiary/aromatic N) is 1. The Hall–Kier alpha value is -0.970. The second-order valence-corrected chi connectivity index (χ2v) is 3.26. The first-order valence-corrected chi connectivity index (χ1v) is 4.49. The standard InChI is InChI=1S/C10H15NO/c1-3-7-11(4-2)10(12)8-9-5-6-9/h1,9H,4-8H2,2H3. The molecule has 0 bridgehead atoms. The van der Waals surface area contributed by atoms with Crippen LogP contribution >= 0.6 is 0 Å². The van der Waals surface area contributed by atoms with Gasteiger partial charge >= 0.3 is 0 Å². The van der Waals surface area contributed by atoms with Crippen molar-refractivity contribution in [1.29, 1.82) is 0 Å².